The predicted molar refractivity (Wildman–Crippen MR) is 81.4 cm³/mol. The van der Waals surface area contributed by atoms with Crippen molar-refractivity contribution in [1.82, 2.24) is 4.90 Å². The van der Waals surface area contributed by atoms with Gasteiger partial charge in [0.25, 0.3) is 0 Å². The van der Waals surface area contributed by atoms with Gasteiger partial charge in [-0.3, -0.25) is 4.90 Å². The number of hydrogen-bond acceptors (Lipinski definition) is 5. The van der Waals surface area contributed by atoms with Crippen molar-refractivity contribution < 1.29 is 18.9 Å². The highest BCUT2D eigenvalue weighted by Crippen LogP contribution is 2.38. The van der Waals surface area contributed by atoms with E-state index in [9.17, 15) is 0 Å². The molecule has 2 atom stereocenters. The minimum absolute atomic E-state index is 0.260. The molecule has 0 bridgehead atoms. The summed E-state index contributed by atoms with van der Waals surface area (Å²) in [5.41, 5.74) is 1.14. The molecule has 1 heterocycles. The molecule has 0 N–H and O–H groups in total. The summed E-state index contributed by atoms with van der Waals surface area (Å²) in [6.07, 6.45) is 0.520. The third-order valence-electron chi connectivity index (χ3n) is 3.63. The molecule has 21 heavy (non-hydrogen) atoms. The molecule has 1 aromatic rings. The Morgan fingerprint density at radius 1 is 1.00 bits per heavy atom. The van der Waals surface area contributed by atoms with Crippen LogP contribution in [0, 0.1) is 0 Å². The first-order chi connectivity index (χ1) is 10.1. The lowest BCUT2D eigenvalue weighted by Crippen LogP contribution is -2.44. The summed E-state index contributed by atoms with van der Waals surface area (Å²) in [6.45, 7) is 6.92. The lowest BCUT2D eigenvalue weighted by atomic mass is 10.1. The van der Waals surface area contributed by atoms with Crippen LogP contribution in [0.5, 0.6) is 17.2 Å². The normalized spacial score (nSPS) is 22.9. The van der Waals surface area contributed by atoms with E-state index >= 15 is 0 Å². The molecule has 1 saturated heterocycles. The Morgan fingerprint density at radius 3 is 1.95 bits per heavy atom. The standard InChI is InChI=1S/C16H25NO4/c1-11-8-17(9-12(2)21-11)10-13-6-14(18-3)16(20-5)15(7-13)19-4/h6-7,11-12H,8-10H2,1-5H3/t11-,12-/m0/s1. The fraction of sp³-hybridized carbons (Fsp3) is 0.625. The van der Waals surface area contributed by atoms with Crippen LogP contribution in [0.2, 0.25) is 0 Å². The number of ether oxygens (including phenoxy) is 4. The van der Waals surface area contributed by atoms with Gasteiger partial charge in [-0.15, -0.1) is 0 Å². The number of rotatable bonds is 5. The largest absolute Gasteiger partial charge is 0.493 e. The molecule has 1 aliphatic heterocycles. The number of methoxy groups -OCH3 is 3. The van der Waals surface area contributed by atoms with Gasteiger partial charge < -0.3 is 18.9 Å². The molecule has 0 unspecified atom stereocenters. The molecule has 0 spiro atoms. The first-order valence-electron chi connectivity index (χ1n) is 7.24. The molecule has 118 valence electrons. The van der Waals surface area contributed by atoms with E-state index in [2.05, 4.69) is 18.7 Å². The Hall–Kier alpha value is -1.46. The van der Waals surface area contributed by atoms with Crippen LogP contribution in [0.15, 0.2) is 12.1 Å². The summed E-state index contributed by atoms with van der Waals surface area (Å²) in [7, 11) is 4.89. The van der Waals surface area contributed by atoms with Crippen molar-refractivity contribution in [2.24, 2.45) is 0 Å². The molecular formula is C16H25NO4. The van der Waals surface area contributed by atoms with Gasteiger partial charge in [-0.05, 0) is 31.5 Å². The average Bonchev–Trinajstić information content (AvgIpc) is 2.45. The van der Waals surface area contributed by atoms with E-state index in [4.69, 9.17) is 18.9 Å². The Morgan fingerprint density at radius 2 is 1.52 bits per heavy atom. The van der Waals surface area contributed by atoms with Crippen LogP contribution in [0.25, 0.3) is 0 Å². The molecule has 1 aromatic carbocycles. The highest BCUT2D eigenvalue weighted by Gasteiger charge is 2.23. The van der Waals surface area contributed by atoms with Crippen molar-refractivity contribution in [2.75, 3.05) is 34.4 Å². The maximum atomic E-state index is 5.77. The number of hydrogen-bond donors (Lipinski definition) is 0. The van der Waals surface area contributed by atoms with Crippen LogP contribution in [0.3, 0.4) is 0 Å². The molecule has 0 amide bonds. The third-order valence-corrected chi connectivity index (χ3v) is 3.63. The van der Waals surface area contributed by atoms with Crippen molar-refractivity contribution in [3.05, 3.63) is 17.7 Å². The summed E-state index contributed by atoms with van der Waals surface area (Å²) in [4.78, 5) is 2.39. The van der Waals surface area contributed by atoms with E-state index in [-0.39, 0.29) is 12.2 Å². The van der Waals surface area contributed by atoms with Crippen molar-refractivity contribution in [1.29, 1.82) is 0 Å². The summed E-state index contributed by atoms with van der Waals surface area (Å²) in [5, 5.41) is 0. The fourth-order valence-corrected chi connectivity index (χ4v) is 2.90. The number of benzene rings is 1. The van der Waals surface area contributed by atoms with Crippen LogP contribution in [-0.2, 0) is 11.3 Å². The first-order valence-corrected chi connectivity index (χ1v) is 7.24. The highest BCUT2D eigenvalue weighted by molar-refractivity contribution is 5.53. The smallest absolute Gasteiger partial charge is 0.203 e. The topological polar surface area (TPSA) is 40.2 Å². The molecular weight excluding hydrogens is 270 g/mol. The fourth-order valence-electron chi connectivity index (χ4n) is 2.90. The van der Waals surface area contributed by atoms with Gasteiger partial charge in [0.15, 0.2) is 11.5 Å². The first kappa shape index (κ1) is 15.9. The predicted octanol–water partition coefficient (Wildman–Crippen LogP) is 2.32. The summed E-state index contributed by atoms with van der Waals surface area (Å²) < 4.78 is 21.9. The van der Waals surface area contributed by atoms with Crippen molar-refractivity contribution in [3.8, 4) is 17.2 Å². The number of nitrogens with zero attached hydrogens (tertiary/aromatic N) is 1. The summed E-state index contributed by atoms with van der Waals surface area (Å²) in [6, 6.07) is 4.01. The van der Waals surface area contributed by atoms with Crippen LogP contribution < -0.4 is 14.2 Å². The second-order valence-corrected chi connectivity index (χ2v) is 5.48. The number of morpholine rings is 1. The monoisotopic (exact) mass is 295 g/mol. The molecule has 5 heteroatoms. The van der Waals surface area contributed by atoms with E-state index in [0.29, 0.717) is 17.2 Å². The summed E-state index contributed by atoms with van der Waals surface area (Å²) >= 11 is 0. The van der Waals surface area contributed by atoms with Crippen LogP contribution in [0.4, 0.5) is 0 Å². The van der Waals surface area contributed by atoms with Gasteiger partial charge in [-0.2, -0.15) is 0 Å². The van der Waals surface area contributed by atoms with Crippen molar-refractivity contribution in [2.45, 2.75) is 32.6 Å². The SMILES string of the molecule is COc1cc(CN2C[C@H](C)O[C@@H](C)C2)cc(OC)c1OC. The minimum Gasteiger partial charge on any atom is -0.493 e. The Labute approximate surface area is 126 Å². The minimum atomic E-state index is 0.260. The van der Waals surface area contributed by atoms with Gasteiger partial charge in [0.05, 0.1) is 33.5 Å². The molecule has 0 aromatic heterocycles. The molecule has 0 saturated carbocycles. The van der Waals surface area contributed by atoms with Gasteiger partial charge in [0, 0.05) is 19.6 Å². The van der Waals surface area contributed by atoms with Gasteiger partial charge in [0.2, 0.25) is 5.75 Å². The van der Waals surface area contributed by atoms with Crippen molar-refractivity contribution in [3.63, 3.8) is 0 Å². The Bertz CT molecular complexity index is 442. The second-order valence-electron chi connectivity index (χ2n) is 5.48. The summed E-state index contributed by atoms with van der Waals surface area (Å²) in [5.74, 6) is 2.02. The molecule has 2 rings (SSSR count). The average molecular weight is 295 g/mol. The van der Waals surface area contributed by atoms with Crippen LogP contribution in [0.1, 0.15) is 19.4 Å². The zero-order valence-corrected chi connectivity index (χ0v) is 13.5. The van der Waals surface area contributed by atoms with Gasteiger partial charge in [-0.25, -0.2) is 0 Å². The van der Waals surface area contributed by atoms with Crippen molar-refractivity contribution >= 4 is 0 Å². The highest BCUT2D eigenvalue weighted by atomic mass is 16.5. The Kier molecular flexibility index (Phi) is 5.31. The van der Waals surface area contributed by atoms with E-state index in [1.807, 2.05) is 12.1 Å². The van der Waals surface area contributed by atoms with E-state index in [1.54, 1.807) is 21.3 Å². The maximum Gasteiger partial charge on any atom is 0.203 e. The molecule has 1 fully saturated rings. The quantitative estimate of drug-likeness (QED) is 0.834. The third kappa shape index (κ3) is 3.80. The van der Waals surface area contributed by atoms with E-state index < -0.39 is 0 Å². The molecule has 0 aliphatic carbocycles. The van der Waals surface area contributed by atoms with Crippen LogP contribution >= 0.6 is 0 Å². The zero-order valence-electron chi connectivity index (χ0n) is 13.5. The van der Waals surface area contributed by atoms with E-state index in [1.165, 1.54) is 0 Å². The lowest BCUT2D eigenvalue weighted by Gasteiger charge is -2.35. The second kappa shape index (κ2) is 7.00. The zero-order chi connectivity index (χ0) is 15.4. The van der Waals surface area contributed by atoms with E-state index in [0.717, 1.165) is 25.2 Å². The van der Waals surface area contributed by atoms with Crippen LogP contribution in [-0.4, -0.2) is 51.5 Å². The van der Waals surface area contributed by atoms with Gasteiger partial charge in [0.1, 0.15) is 0 Å². The molecule has 1 aliphatic rings. The maximum absolute atomic E-state index is 5.77. The van der Waals surface area contributed by atoms with Gasteiger partial charge >= 0.3 is 0 Å². The molecule has 0 radical (unpaired) electrons. The Balaban J connectivity index is 2.19. The van der Waals surface area contributed by atoms with Gasteiger partial charge in [-0.1, -0.05) is 0 Å². The lowest BCUT2D eigenvalue weighted by molar-refractivity contribution is -0.0705. The molecule has 5 nitrogen and oxygen atoms in total.